The molecular formula is C134H168N6. The summed E-state index contributed by atoms with van der Waals surface area (Å²) in [6, 6.07) is 128. The summed E-state index contributed by atoms with van der Waals surface area (Å²) < 4.78 is 0. The summed E-state index contributed by atoms with van der Waals surface area (Å²) in [6.45, 7) is 54.0. The van der Waals surface area contributed by atoms with Crippen LogP contribution in [0, 0.1) is 5.92 Å². The van der Waals surface area contributed by atoms with Crippen molar-refractivity contribution in [1.29, 1.82) is 0 Å². The van der Waals surface area contributed by atoms with Gasteiger partial charge in [-0.3, -0.25) is 0 Å². The molecule has 6 nitrogen and oxygen atoms in total. The molecule has 0 atom stereocenters. The maximum atomic E-state index is 2.61. The number of hydrogen-bond acceptors (Lipinski definition) is 6. The molecule has 0 amide bonds. The van der Waals surface area contributed by atoms with Crippen molar-refractivity contribution in [2.24, 2.45) is 5.92 Å². The van der Waals surface area contributed by atoms with E-state index < -0.39 is 0 Å². The zero-order chi connectivity index (χ0) is 99.7. The molecule has 0 aliphatic carbocycles. The van der Waals surface area contributed by atoms with E-state index in [0.29, 0.717) is 41.4 Å². The summed E-state index contributed by atoms with van der Waals surface area (Å²) in [5.74, 6) is 4.16. The van der Waals surface area contributed by atoms with Crippen molar-refractivity contribution >= 4 is 73.9 Å². The van der Waals surface area contributed by atoms with E-state index >= 15 is 0 Å². The molecule has 14 aromatic rings. The van der Waals surface area contributed by atoms with Gasteiger partial charge in [-0.05, 0) is 322 Å². The zero-order valence-corrected chi connectivity index (χ0v) is 89.4. The van der Waals surface area contributed by atoms with Crippen LogP contribution in [0.1, 0.15) is 319 Å². The van der Waals surface area contributed by atoms with Gasteiger partial charge in [-0.25, -0.2) is 0 Å². The van der Waals surface area contributed by atoms with Gasteiger partial charge in [-0.1, -0.05) is 396 Å². The fourth-order valence-electron chi connectivity index (χ4n) is 19.6. The Morgan fingerprint density at radius 3 is 0.871 bits per heavy atom. The Morgan fingerprint density at radius 1 is 0.264 bits per heavy atom. The maximum absolute atomic E-state index is 2.61. The van der Waals surface area contributed by atoms with Crippen LogP contribution in [0.25, 0.3) is 11.1 Å². The number of rotatable bonds is 32. The molecule has 0 spiro atoms. The third-order valence-electron chi connectivity index (χ3n) is 28.4. The van der Waals surface area contributed by atoms with E-state index in [9.17, 15) is 0 Å². The lowest BCUT2D eigenvalue weighted by molar-refractivity contribution is 0.458. The predicted molar refractivity (Wildman–Crippen MR) is 615 cm³/mol. The standard InChI is InChI=1S/C35H49N.C27H25N.C21H21N.C19H25N.C17H27N.C15H21N/c1-9-11-25-34(5,6)29-15-21-32(22-16-29)36(31-19-13-28(14-20-31)27(3)4)33-23-17-30(18-24-33)35(7,8)26-12-10-2;1-21(2)22-13-15-23(16-14-22)24-17-19-27(20-18-24)28(25-9-5-3-6-10-25)26-11-7-4-8-12-26;1-17(2)18-13-15-21(16-14-18)22(19-9-5-3-6-10-19)20-11-7-4-8-12-20;1-15(2)14-20(18-8-6-5-7-9-18)19-12-10-17(11-13-19)16(3)4;1-4-5-6-11-18-12-7-8-16-13-15(14(2)3)9-10-17(16)18;1-11(2)14-9-12-5-3-7-16-8-4-6-13(10-14)15(12)16/h13-24,27H,9-12,25-26H2,1-8H3;3-21H,1-2H3;3-17H,1-2H3;5-13,15-16H,14H2,1-4H3;9-10,13-14H,4-8,11-12H2,1-3H3;9-11H,3-8H2,1-2H3. The molecule has 3 aliphatic heterocycles. The second kappa shape index (κ2) is 52.9. The van der Waals surface area contributed by atoms with E-state index in [1.807, 2.05) is 0 Å². The van der Waals surface area contributed by atoms with Crippen LogP contribution in [0.2, 0.25) is 0 Å². The number of aryl methyl sites for hydroxylation is 3. The first-order valence-electron chi connectivity index (χ1n) is 53.5. The smallest absolute Gasteiger partial charge is 0.0462 e. The number of nitrogens with zero attached hydrogens (tertiary/aromatic N) is 6. The molecule has 17 rings (SSSR count). The lowest BCUT2D eigenvalue weighted by Crippen LogP contribution is -2.34. The van der Waals surface area contributed by atoms with E-state index in [2.05, 4.69) is 527 Å². The summed E-state index contributed by atoms with van der Waals surface area (Å²) in [7, 11) is 0. The second-order valence-electron chi connectivity index (χ2n) is 42.7. The van der Waals surface area contributed by atoms with Gasteiger partial charge in [0.1, 0.15) is 0 Å². The molecule has 734 valence electrons. The van der Waals surface area contributed by atoms with Crippen LogP contribution in [-0.4, -0.2) is 32.7 Å². The third kappa shape index (κ3) is 30.0. The van der Waals surface area contributed by atoms with Crippen LogP contribution >= 0.6 is 0 Å². The lowest BCUT2D eigenvalue weighted by atomic mass is 9.80. The summed E-state index contributed by atoms with van der Waals surface area (Å²) in [5, 5.41) is 0. The van der Waals surface area contributed by atoms with Crippen LogP contribution in [-0.2, 0) is 30.1 Å². The molecule has 0 radical (unpaired) electrons. The third-order valence-corrected chi connectivity index (χ3v) is 28.4. The highest BCUT2D eigenvalue weighted by Gasteiger charge is 2.28. The van der Waals surface area contributed by atoms with Crippen molar-refractivity contribution < 1.29 is 0 Å². The first-order valence-corrected chi connectivity index (χ1v) is 53.5. The fraction of sp³-hybridized carbons (Fsp3) is 0.373. The zero-order valence-electron chi connectivity index (χ0n) is 89.4. The van der Waals surface area contributed by atoms with Crippen LogP contribution < -0.4 is 29.4 Å². The summed E-state index contributed by atoms with van der Waals surface area (Å²) in [4.78, 5) is 14.6. The van der Waals surface area contributed by atoms with Crippen LogP contribution in [0.5, 0.6) is 0 Å². The first-order chi connectivity index (χ1) is 67.6. The Hall–Kier alpha value is -12.1. The molecule has 0 saturated carbocycles. The molecule has 0 N–H and O–H groups in total. The van der Waals surface area contributed by atoms with Gasteiger partial charge in [0, 0.05) is 107 Å². The topological polar surface area (TPSA) is 19.4 Å². The number of hydrogen-bond donors (Lipinski definition) is 0. The molecular weight excluding hydrogens is 1690 g/mol. The number of anilines is 13. The Balaban J connectivity index is 0.000000153. The van der Waals surface area contributed by atoms with Gasteiger partial charge in [-0.15, -0.1) is 0 Å². The largest absolute Gasteiger partial charge is 0.371 e. The van der Waals surface area contributed by atoms with Crippen molar-refractivity contribution in [2.75, 3.05) is 62.1 Å². The Labute approximate surface area is 848 Å². The van der Waals surface area contributed by atoms with Crippen molar-refractivity contribution in [1.82, 2.24) is 0 Å². The monoisotopic (exact) mass is 1860 g/mol. The van der Waals surface area contributed by atoms with E-state index in [-0.39, 0.29) is 10.8 Å². The van der Waals surface area contributed by atoms with Crippen LogP contribution in [0.15, 0.2) is 352 Å². The molecule has 6 heteroatoms. The van der Waals surface area contributed by atoms with Crippen molar-refractivity contribution in [3.8, 4) is 11.1 Å². The van der Waals surface area contributed by atoms with Gasteiger partial charge in [0.25, 0.3) is 0 Å². The van der Waals surface area contributed by atoms with E-state index in [1.165, 1.54) is 229 Å². The highest BCUT2D eigenvalue weighted by atomic mass is 15.2. The molecule has 0 aromatic heterocycles. The fourth-order valence-corrected chi connectivity index (χ4v) is 19.6. The number of fused-ring (bicyclic) bond motifs is 1. The second-order valence-corrected chi connectivity index (χ2v) is 42.7. The van der Waals surface area contributed by atoms with Crippen molar-refractivity contribution in [3.63, 3.8) is 0 Å². The summed E-state index contributed by atoms with van der Waals surface area (Å²) in [5.41, 5.74) is 35.3. The average Bonchev–Trinajstić information content (AvgIpc) is 0.771. The number of unbranched alkanes of at least 4 members (excludes halogenated alkanes) is 4. The highest BCUT2D eigenvalue weighted by molar-refractivity contribution is 5.81. The minimum atomic E-state index is 0.198. The Kier molecular flexibility index (Phi) is 40.4. The first kappa shape index (κ1) is 107. The SMILES string of the molecule is CC(C)CN(c1ccccc1)c1ccc(C(C)C)cc1.CC(C)c1cc2c3c(c1)CCCN3CCC2.CC(C)c1ccc(-c2ccc(N(c3ccccc3)c3ccccc3)cc2)cc1.CC(C)c1ccc(N(c2ccccc2)c2ccccc2)cc1.CCCCC(C)(C)c1ccc(N(c2ccc(C(C)C)cc2)c2ccc(C(C)(C)CCCC)cc2)cc1.CCCCCN1CCCc2cc(C(C)C)ccc21. The van der Waals surface area contributed by atoms with E-state index in [0.717, 1.165) is 23.6 Å². The van der Waals surface area contributed by atoms with Crippen molar-refractivity contribution in [3.05, 3.63) is 413 Å². The molecule has 0 fully saturated rings. The van der Waals surface area contributed by atoms with Gasteiger partial charge in [-0.2, -0.15) is 0 Å². The summed E-state index contributed by atoms with van der Waals surface area (Å²) >= 11 is 0. The molecule has 3 aliphatic rings. The van der Waals surface area contributed by atoms with Crippen LogP contribution in [0.3, 0.4) is 0 Å². The molecule has 14 aromatic carbocycles. The number of benzene rings is 14. The molecule has 3 heterocycles. The van der Waals surface area contributed by atoms with Crippen LogP contribution in [0.4, 0.5) is 73.9 Å². The Bertz CT molecular complexity index is 5730. The minimum Gasteiger partial charge on any atom is -0.371 e. The van der Waals surface area contributed by atoms with Gasteiger partial charge in [0.15, 0.2) is 0 Å². The molecule has 140 heavy (non-hydrogen) atoms. The van der Waals surface area contributed by atoms with Gasteiger partial charge in [0.05, 0.1) is 0 Å². The predicted octanol–water partition coefficient (Wildman–Crippen LogP) is 39.3. The van der Waals surface area contributed by atoms with Gasteiger partial charge < -0.3 is 29.4 Å². The Morgan fingerprint density at radius 2 is 0.536 bits per heavy atom. The minimum absolute atomic E-state index is 0.198. The van der Waals surface area contributed by atoms with E-state index in [1.54, 1.807) is 22.4 Å². The average molecular weight is 1860 g/mol. The van der Waals surface area contributed by atoms with Gasteiger partial charge >= 0.3 is 0 Å². The summed E-state index contributed by atoms with van der Waals surface area (Å²) in [6.07, 6.45) is 19.3. The molecule has 0 saturated heterocycles. The molecule has 0 bridgehead atoms. The normalized spacial score (nSPS) is 12.7. The maximum Gasteiger partial charge on any atom is 0.0462 e. The van der Waals surface area contributed by atoms with Gasteiger partial charge in [0.2, 0.25) is 0 Å². The molecule has 0 unspecified atom stereocenters. The lowest BCUT2D eigenvalue weighted by Gasteiger charge is -2.37. The number of para-hydroxylation sites is 5. The van der Waals surface area contributed by atoms with E-state index in [4.69, 9.17) is 0 Å². The highest BCUT2D eigenvalue weighted by Crippen LogP contribution is 2.44. The quantitative estimate of drug-likeness (QED) is 0.0389. The van der Waals surface area contributed by atoms with Crippen molar-refractivity contribution in [2.45, 2.75) is 288 Å².